The van der Waals surface area contributed by atoms with Gasteiger partial charge in [0.15, 0.2) is 0 Å². The summed E-state index contributed by atoms with van der Waals surface area (Å²) in [6.07, 6.45) is 0. The van der Waals surface area contributed by atoms with Crippen molar-refractivity contribution in [3.8, 4) is 0 Å². The summed E-state index contributed by atoms with van der Waals surface area (Å²) in [4.78, 5) is 0. The predicted octanol–water partition coefficient (Wildman–Crippen LogP) is 3.16. The van der Waals surface area contributed by atoms with Crippen molar-refractivity contribution in [2.24, 2.45) is 5.92 Å². The fourth-order valence-corrected chi connectivity index (χ4v) is 1.27. The summed E-state index contributed by atoms with van der Waals surface area (Å²) in [7, 11) is 0. The third-order valence-corrected chi connectivity index (χ3v) is 2.95. The lowest BCUT2D eigenvalue weighted by molar-refractivity contribution is 0.0266. The normalized spacial score (nSPS) is 15.1. The molecule has 3 heteroatoms. The molecule has 2 nitrogen and oxygen atoms in total. The molecule has 1 atom stereocenters. The zero-order valence-electron chi connectivity index (χ0n) is 9.42. The first kappa shape index (κ1) is 12.3. The van der Waals surface area contributed by atoms with Gasteiger partial charge in [-0.05, 0) is 31.0 Å². The Morgan fingerprint density at radius 3 is 2.67 bits per heavy atom. The highest BCUT2D eigenvalue weighted by Crippen LogP contribution is 2.19. The van der Waals surface area contributed by atoms with E-state index in [4.69, 9.17) is 11.6 Å². The number of anilines is 1. The number of halogens is 1. The van der Waals surface area contributed by atoms with Gasteiger partial charge in [0.25, 0.3) is 0 Å². The monoisotopic (exact) mass is 227 g/mol. The van der Waals surface area contributed by atoms with E-state index in [1.54, 1.807) is 0 Å². The van der Waals surface area contributed by atoms with Crippen molar-refractivity contribution in [3.63, 3.8) is 0 Å². The Kier molecular flexibility index (Phi) is 4.00. The molecule has 15 heavy (non-hydrogen) atoms. The Morgan fingerprint density at radius 1 is 1.47 bits per heavy atom. The van der Waals surface area contributed by atoms with Crippen LogP contribution in [0.3, 0.4) is 0 Å². The van der Waals surface area contributed by atoms with Crippen LogP contribution in [0, 0.1) is 5.92 Å². The molecular formula is C12H18ClNO. The summed E-state index contributed by atoms with van der Waals surface area (Å²) in [5.74, 6) is 0.212. The second-order valence-corrected chi connectivity index (χ2v) is 4.81. The van der Waals surface area contributed by atoms with Crippen LogP contribution in [0.2, 0.25) is 5.02 Å². The smallest absolute Gasteiger partial charge is 0.0813 e. The molecule has 84 valence electrons. The molecule has 0 aliphatic carbocycles. The molecule has 0 saturated carbocycles. The van der Waals surface area contributed by atoms with E-state index in [1.807, 2.05) is 45.0 Å². The fraction of sp³-hybridized carbons (Fsp3) is 0.500. The molecule has 1 rings (SSSR count). The van der Waals surface area contributed by atoms with Crippen LogP contribution in [-0.4, -0.2) is 17.3 Å². The molecule has 1 aromatic carbocycles. The van der Waals surface area contributed by atoms with Gasteiger partial charge in [-0.3, -0.25) is 0 Å². The summed E-state index contributed by atoms with van der Waals surface area (Å²) >= 11 is 5.85. The van der Waals surface area contributed by atoms with Crippen molar-refractivity contribution in [2.75, 3.05) is 11.9 Å². The minimum Gasteiger partial charge on any atom is -0.388 e. The summed E-state index contributed by atoms with van der Waals surface area (Å²) in [5.41, 5.74) is 0.228. The molecule has 0 bridgehead atoms. The molecule has 0 aliphatic heterocycles. The maximum Gasteiger partial charge on any atom is 0.0813 e. The van der Waals surface area contributed by atoms with E-state index in [-0.39, 0.29) is 5.92 Å². The van der Waals surface area contributed by atoms with E-state index in [2.05, 4.69) is 5.32 Å². The Labute approximate surface area is 96.3 Å². The number of aliphatic hydroxyl groups is 1. The molecule has 0 aliphatic rings. The van der Waals surface area contributed by atoms with Crippen LogP contribution in [0.15, 0.2) is 24.3 Å². The Morgan fingerprint density at radius 2 is 2.13 bits per heavy atom. The average molecular weight is 228 g/mol. The third-order valence-electron chi connectivity index (χ3n) is 2.72. The van der Waals surface area contributed by atoms with Crippen LogP contribution < -0.4 is 5.32 Å². The van der Waals surface area contributed by atoms with Crippen LogP contribution in [0.4, 0.5) is 5.69 Å². The van der Waals surface area contributed by atoms with Gasteiger partial charge in [-0.15, -0.1) is 0 Å². The largest absolute Gasteiger partial charge is 0.388 e. The average Bonchev–Trinajstić information content (AvgIpc) is 2.15. The first-order chi connectivity index (χ1) is 6.92. The van der Waals surface area contributed by atoms with Gasteiger partial charge in [0.1, 0.15) is 0 Å². The predicted molar refractivity (Wildman–Crippen MR) is 65.4 cm³/mol. The van der Waals surface area contributed by atoms with Crippen LogP contribution in [-0.2, 0) is 0 Å². The lowest BCUT2D eigenvalue weighted by Gasteiger charge is -2.28. The molecule has 0 heterocycles. The SMILES string of the molecule is CC(C)C(C)(O)CNc1cccc(Cl)c1. The van der Waals surface area contributed by atoms with E-state index >= 15 is 0 Å². The molecule has 0 spiro atoms. The quantitative estimate of drug-likeness (QED) is 0.828. The van der Waals surface area contributed by atoms with Gasteiger partial charge < -0.3 is 10.4 Å². The van der Waals surface area contributed by atoms with Gasteiger partial charge in [0.2, 0.25) is 0 Å². The van der Waals surface area contributed by atoms with E-state index in [0.717, 1.165) is 5.69 Å². The van der Waals surface area contributed by atoms with E-state index < -0.39 is 5.60 Å². The first-order valence-electron chi connectivity index (χ1n) is 5.13. The second kappa shape index (κ2) is 4.86. The molecule has 0 saturated heterocycles. The Balaban J connectivity index is 2.57. The Hall–Kier alpha value is -0.730. The lowest BCUT2D eigenvalue weighted by atomic mass is 9.92. The first-order valence-corrected chi connectivity index (χ1v) is 5.51. The van der Waals surface area contributed by atoms with Crippen molar-refractivity contribution in [2.45, 2.75) is 26.4 Å². The van der Waals surface area contributed by atoms with Gasteiger partial charge in [-0.2, -0.15) is 0 Å². The second-order valence-electron chi connectivity index (χ2n) is 4.38. The van der Waals surface area contributed by atoms with E-state index in [9.17, 15) is 5.11 Å². The van der Waals surface area contributed by atoms with Crippen molar-refractivity contribution >= 4 is 17.3 Å². The fourth-order valence-electron chi connectivity index (χ4n) is 1.08. The molecular weight excluding hydrogens is 210 g/mol. The zero-order valence-corrected chi connectivity index (χ0v) is 10.2. The maximum atomic E-state index is 10.0. The summed E-state index contributed by atoms with van der Waals surface area (Å²) in [6, 6.07) is 7.49. The molecule has 0 aromatic heterocycles. The Bertz CT molecular complexity index is 323. The van der Waals surface area contributed by atoms with E-state index in [0.29, 0.717) is 11.6 Å². The molecule has 2 N–H and O–H groups in total. The molecule has 0 fully saturated rings. The van der Waals surface area contributed by atoms with Crippen LogP contribution >= 0.6 is 11.6 Å². The minimum atomic E-state index is -0.706. The van der Waals surface area contributed by atoms with E-state index in [1.165, 1.54) is 0 Å². The maximum absolute atomic E-state index is 10.0. The number of hydrogen-bond donors (Lipinski definition) is 2. The van der Waals surface area contributed by atoms with Crippen molar-refractivity contribution in [1.82, 2.24) is 0 Å². The van der Waals surface area contributed by atoms with Crippen LogP contribution in [0.5, 0.6) is 0 Å². The molecule has 1 unspecified atom stereocenters. The van der Waals surface area contributed by atoms with Crippen molar-refractivity contribution in [1.29, 1.82) is 0 Å². The summed E-state index contributed by atoms with van der Waals surface area (Å²) in [5, 5.41) is 13.9. The molecule has 1 aromatic rings. The number of nitrogens with one attached hydrogen (secondary N) is 1. The van der Waals surface area contributed by atoms with Crippen LogP contribution in [0.25, 0.3) is 0 Å². The van der Waals surface area contributed by atoms with Gasteiger partial charge in [0, 0.05) is 17.3 Å². The number of benzene rings is 1. The number of rotatable bonds is 4. The van der Waals surface area contributed by atoms with Crippen LogP contribution in [0.1, 0.15) is 20.8 Å². The number of hydrogen-bond acceptors (Lipinski definition) is 2. The molecule has 0 radical (unpaired) electrons. The topological polar surface area (TPSA) is 32.3 Å². The van der Waals surface area contributed by atoms with Crippen molar-refractivity contribution in [3.05, 3.63) is 29.3 Å². The molecule has 0 amide bonds. The summed E-state index contributed by atoms with van der Waals surface area (Å²) < 4.78 is 0. The van der Waals surface area contributed by atoms with Crippen molar-refractivity contribution < 1.29 is 5.11 Å². The van der Waals surface area contributed by atoms with Gasteiger partial charge in [-0.1, -0.05) is 31.5 Å². The highest BCUT2D eigenvalue weighted by Gasteiger charge is 2.24. The highest BCUT2D eigenvalue weighted by atomic mass is 35.5. The van der Waals surface area contributed by atoms with Gasteiger partial charge >= 0.3 is 0 Å². The minimum absolute atomic E-state index is 0.212. The lowest BCUT2D eigenvalue weighted by Crippen LogP contribution is -2.38. The standard InChI is InChI=1S/C12H18ClNO/c1-9(2)12(3,15)8-14-11-6-4-5-10(13)7-11/h4-7,9,14-15H,8H2,1-3H3. The highest BCUT2D eigenvalue weighted by molar-refractivity contribution is 6.30. The van der Waals surface area contributed by atoms with Gasteiger partial charge in [0.05, 0.1) is 5.60 Å². The zero-order chi connectivity index (χ0) is 11.5. The summed E-state index contributed by atoms with van der Waals surface area (Å²) in [6.45, 7) is 6.35. The third kappa shape index (κ3) is 3.73. The van der Waals surface area contributed by atoms with Gasteiger partial charge in [-0.25, -0.2) is 0 Å².